The van der Waals surface area contributed by atoms with E-state index in [-0.39, 0.29) is 41.0 Å². The minimum absolute atomic E-state index is 0.0441. The Kier molecular flexibility index (Phi) is 5.98. The predicted molar refractivity (Wildman–Crippen MR) is 122 cm³/mol. The molecule has 0 aliphatic heterocycles. The van der Waals surface area contributed by atoms with E-state index in [2.05, 4.69) is 35.9 Å². The Labute approximate surface area is 187 Å². The van der Waals surface area contributed by atoms with Gasteiger partial charge in [0.25, 0.3) is 0 Å². The first-order chi connectivity index (χ1) is 15.9. The van der Waals surface area contributed by atoms with E-state index in [1.165, 1.54) is 7.05 Å². The zero-order chi connectivity index (χ0) is 23.4. The van der Waals surface area contributed by atoms with Gasteiger partial charge in [0.05, 0.1) is 0 Å². The monoisotopic (exact) mass is 450 g/mol. The molecule has 170 valence electrons. The summed E-state index contributed by atoms with van der Waals surface area (Å²) in [5.41, 5.74) is 1.29. The van der Waals surface area contributed by atoms with Crippen molar-refractivity contribution < 1.29 is 15.3 Å². The zero-order valence-corrected chi connectivity index (χ0v) is 17.6. The number of hydrogen-bond donors (Lipinski definition) is 7. The summed E-state index contributed by atoms with van der Waals surface area (Å²) in [4.78, 5) is 27.2. The summed E-state index contributed by atoms with van der Waals surface area (Å²) >= 11 is 0. The molecular formula is C21H22N8O4. The van der Waals surface area contributed by atoms with Gasteiger partial charge in [-0.1, -0.05) is 24.3 Å². The molecule has 0 amide bonds. The molecule has 2 aromatic heterocycles. The van der Waals surface area contributed by atoms with Crippen LogP contribution < -0.4 is 21.6 Å². The fraction of sp³-hybridized carbons (Fsp3) is 0.143. The van der Waals surface area contributed by atoms with Gasteiger partial charge < -0.3 is 31.3 Å². The van der Waals surface area contributed by atoms with E-state index in [1.807, 2.05) is 0 Å². The van der Waals surface area contributed by atoms with Crippen LogP contribution in [0.15, 0.2) is 53.3 Å². The number of phenols is 2. The molecule has 0 saturated carbocycles. The average Bonchev–Trinajstić information content (AvgIpc) is 3.04. The molecule has 0 fully saturated rings. The van der Waals surface area contributed by atoms with Gasteiger partial charge in [0.1, 0.15) is 11.5 Å². The summed E-state index contributed by atoms with van der Waals surface area (Å²) in [6.45, 7) is 0.767. The molecule has 2 heterocycles. The number of aromatic nitrogens is 5. The number of phenolic OH excluding ortho intramolecular Hbond substituents is 2. The number of aromatic amines is 1. The predicted octanol–water partition coefficient (Wildman–Crippen LogP) is 1.98. The van der Waals surface area contributed by atoms with Gasteiger partial charge in [-0.2, -0.15) is 15.0 Å². The van der Waals surface area contributed by atoms with Crippen molar-refractivity contribution in [2.24, 2.45) is 7.05 Å². The van der Waals surface area contributed by atoms with Crippen LogP contribution in [0.25, 0.3) is 0 Å². The van der Waals surface area contributed by atoms with Crippen LogP contribution in [-0.2, 0) is 20.1 Å². The van der Waals surface area contributed by atoms with Gasteiger partial charge in [-0.25, -0.2) is 4.79 Å². The van der Waals surface area contributed by atoms with Crippen molar-refractivity contribution in [3.63, 3.8) is 0 Å². The number of imidazole rings is 1. The van der Waals surface area contributed by atoms with Crippen molar-refractivity contribution in [3.05, 3.63) is 70.1 Å². The SMILES string of the molecule is Cn1c(O)c(Nc2nc(NCc3ccc(O)cc3)nc(NCc3ccc(O)cc3)n2)[nH]c1=O. The fourth-order valence-electron chi connectivity index (χ4n) is 2.89. The Morgan fingerprint density at radius 2 is 1.24 bits per heavy atom. The molecule has 0 aliphatic rings. The van der Waals surface area contributed by atoms with E-state index in [9.17, 15) is 20.1 Å². The molecule has 7 N–H and O–H groups in total. The molecule has 0 unspecified atom stereocenters. The second kappa shape index (κ2) is 9.18. The third-order valence-electron chi connectivity index (χ3n) is 4.72. The highest BCUT2D eigenvalue weighted by atomic mass is 16.3. The number of nitrogens with zero attached hydrogens (tertiary/aromatic N) is 4. The summed E-state index contributed by atoms with van der Waals surface area (Å²) in [6.07, 6.45) is 0. The van der Waals surface area contributed by atoms with Gasteiger partial charge >= 0.3 is 5.69 Å². The summed E-state index contributed by atoms with van der Waals surface area (Å²) in [6, 6.07) is 13.4. The van der Waals surface area contributed by atoms with Crippen LogP contribution in [0.3, 0.4) is 0 Å². The molecule has 4 rings (SSSR count). The molecule has 2 aromatic carbocycles. The number of rotatable bonds is 8. The standard InChI is InChI=1S/C21H22N8O4/c1-29-17(32)16(25-21(29)33)24-20-27-18(22-10-12-2-6-14(30)7-3-12)26-19(28-20)23-11-13-4-8-15(31)9-5-13/h2-9,30-32H,10-11H2,1H3,(H,25,33)(H3,22,23,24,26,27,28). The maximum absolute atomic E-state index is 11.7. The highest BCUT2D eigenvalue weighted by Gasteiger charge is 2.13. The molecule has 0 radical (unpaired) electrons. The zero-order valence-electron chi connectivity index (χ0n) is 17.6. The lowest BCUT2D eigenvalue weighted by atomic mass is 10.2. The van der Waals surface area contributed by atoms with Gasteiger partial charge in [-0.3, -0.25) is 9.55 Å². The molecule has 0 spiro atoms. The molecular weight excluding hydrogens is 428 g/mol. The number of hydrogen-bond acceptors (Lipinski definition) is 10. The van der Waals surface area contributed by atoms with Crippen LogP contribution in [0, 0.1) is 0 Å². The minimum Gasteiger partial charge on any atom is -0.508 e. The first-order valence-corrected chi connectivity index (χ1v) is 9.92. The third kappa shape index (κ3) is 5.31. The second-order valence-corrected chi connectivity index (χ2v) is 7.16. The summed E-state index contributed by atoms with van der Waals surface area (Å²) in [5.74, 6) is 0.660. The van der Waals surface area contributed by atoms with Crippen LogP contribution in [0.4, 0.5) is 23.7 Å². The Bertz CT molecular complexity index is 1230. The van der Waals surface area contributed by atoms with Crippen molar-refractivity contribution in [2.45, 2.75) is 13.1 Å². The third-order valence-corrected chi connectivity index (χ3v) is 4.72. The molecule has 0 aliphatic carbocycles. The van der Waals surface area contributed by atoms with Crippen molar-refractivity contribution in [1.82, 2.24) is 24.5 Å². The summed E-state index contributed by atoms with van der Waals surface area (Å²) in [5, 5.41) is 37.9. The van der Waals surface area contributed by atoms with E-state index in [4.69, 9.17) is 0 Å². The molecule has 12 heteroatoms. The van der Waals surface area contributed by atoms with Crippen LogP contribution in [0.1, 0.15) is 11.1 Å². The minimum atomic E-state index is -0.500. The van der Waals surface area contributed by atoms with Crippen LogP contribution in [-0.4, -0.2) is 39.8 Å². The normalized spacial score (nSPS) is 10.7. The maximum atomic E-state index is 11.7. The van der Waals surface area contributed by atoms with Gasteiger partial charge in [0.15, 0.2) is 5.82 Å². The highest BCUT2D eigenvalue weighted by Crippen LogP contribution is 2.22. The molecule has 0 atom stereocenters. The van der Waals surface area contributed by atoms with E-state index in [1.54, 1.807) is 48.5 Å². The van der Waals surface area contributed by atoms with E-state index in [0.29, 0.717) is 13.1 Å². The van der Waals surface area contributed by atoms with E-state index < -0.39 is 5.69 Å². The fourth-order valence-corrected chi connectivity index (χ4v) is 2.89. The largest absolute Gasteiger partial charge is 0.508 e. The van der Waals surface area contributed by atoms with Crippen molar-refractivity contribution in [1.29, 1.82) is 0 Å². The first-order valence-electron chi connectivity index (χ1n) is 9.92. The van der Waals surface area contributed by atoms with Crippen LogP contribution >= 0.6 is 0 Å². The lowest BCUT2D eigenvalue weighted by Gasteiger charge is -2.11. The second-order valence-electron chi connectivity index (χ2n) is 7.16. The smallest absolute Gasteiger partial charge is 0.329 e. The Hall–Kier alpha value is -4.74. The van der Waals surface area contributed by atoms with Crippen molar-refractivity contribution in [2.75, 3.05) is 16.0 Å². The summed E-state index contributed by atoms with van der Waals surface area (Å²) < 4.78 is 1.04. The average molecular weight is 450 g/mol. The van der Waals surface area contributed by atoms with Crippen LogP contribution in [0.5, 0.6) is 17.4 Å². The van der Waals surface area contributed by atoms with Gasteiger partial charge in [-0.15, -0.1) is 0 Å². The molecule has 33 heavy (non-hydrogen) atoms. The number of nitrogens with one attached hydrogen (secondary N) is 4. The van der Waals surface area contributed by atoms with Gasteiger partial charge in [0, 0.05) is 20.1 Å². The van der Waals surface area contributed by atoms with Gasteiger partial charge in [0.2, 0.25) is 23.7 Å². The molecule has 0 bridgehead atoms. The molecule has 12 nitrogen and oxygen atoms in total. The molecule has 0 saturated heterocycles. The van der Waals surface area contributed by atoms with Crippen molar-refractivity contribution in [3.8, 4) is 17.4 Å². The lowest BCUT2D eigenvalue weighted by Crippen LogP contribution is -2.12. The first kappa shape index (κ1) is 21.5. The number of anilines is 4. The lowest BCUT2D eigenvalue weighted by molar-refractivity contribution is 0.432. The highest BCUT2D eigenvalue weighted by molar-refractivity contribution is 5.56. The quantitative estimate of drug-likeness (QED) is 0.210. The number of H-pyrrole nitrogens is 1. The van der Waals surface area contributed by atoms with Crippen molar-refractivity contribution >= 4 is 23.7 Å². The number of aromatic hydroxyl groups is 3. The van der Waals surface area contributed by atoms with Gasteiger partial charge in [-0.05, 0) is 35.4 Å². The van der Waals surface area contributed by atoms with Crippen LogP contribution in [0.2, 0.25) is 0 Å². The Morgan fingerprint density at radius 1 is 0.788 bits per heavy atom. The summed E-state index contributed by atoms with van der Waals surface area (Å²) in [7, 11) is 1.42. The topological polar surface area (TPSA) is 173 Å². The number of benzene rings is 2. The molecule has 4 aromatic rings. The Balaban J connectivity index is 1.56. The van der Waals surface area contributed by atoms with E-state index in [0.717, 1.165) is 15.7 Å². The Morgan fingerprint density at radius 3 is 1.67 bits per heavy atom. The van der Waals surface area contributed by atoms with E-state index >= 15 is 0 Å². The maximum Gasteiger partial charge on any atom is 0.329 e.